The Hall–Kier alpha value is -1.67. The second kappa shape index (κ2) is 4.78. The van der Waals surface area contributed by atoms with Crippen LogP contribution in [0.4, 0.5) is 10.1 Å². The minimum Gasteiger partial charge on any atom is -0.494 e. The van der Waals surface area contributed by atoms with Gasteiger partial charge in [0.2, 0.25) is 15.9 Å². The predicted molar refractivity (Wildman–Crippen MR) is 66.8 cm³/mol. The molecule has 0 radical (unpaired) electrons. The van der Waals surface area contributed by atoms with E-state index in [2.05, 4.69) is 0 Å². The molecule has 1 atom stereocenters. The molecule has 1 amide bonds. The average Bonchev–Trinajstić information content (AvgIpc) is 2.72. The summed E-state index contributed by atoms with van der Waals surface area (Å²) < 4.78 is 40.6. The number of nitrogens with two attached hydrogens (primary N) is 1. The van der Waals surface area contributed by atoms with Crippen LogP contribution in [0.5, 0.6) is 5.75 Å². The molecular formula is C11H13FN2O4S. The number of halogens is 1. The maximum absolute atomic E-state index is 13.3. The lowest BCUT2D eigenvalue weighted by atomic mass is 10.2. The van der Waals surface area contributed by atoms with Gasteiger partial charge in [-0.2, -0.15) is 0 Å². The minimum absolute atomic E-state index is 0.00986. The molecule has 0 spiro atoms. The van der Waals surface area contributed by atoms with Gasteiger partial charge in [-0.05, 0) is 12.1 Å². The third-order valence-corrected chi connectivity index (χ3v) is 4.25. The van der Waals surface area contributed by atoms with Gasteiger partial charge >= 0.3 is 0 Å². The zero-order valence-corrected chi connectivity index (χ0v) is 11.0. The molecule has 19 heavy (non-hydrogen) atoms. The van der Waals surface area contributed by atoms with Crippen molar-refractivity contribution < 1.29 is 22.3 Å². The molecule has 1 aliphatic rings. The number of primary sulfonamides is 1. The monoisotopic (exact) mass is 288 g/mol. The molecule has 104 valence electrons. The number of ether oxygens (including phenoxy) is 1. The highest BCUT2D eigenvalue weighted by Crippen LogP contribution is 2.28. The van der Waals surface area contributed by atoms with Crippen molar-refractivity contribution in [1.29, 1.82) is 0 Å². The average molecular weight is 288 g/mol. The van der Waals surface area contributed by atoms with Crippen LogP contribution < -0.4 is 14.8 Å². The number of rotatable bonds is 3. The smallest absolute Gasteiger partial charge is 0.228 e. The van der Waals surface area contributed by atoms with Crippen LogP contribution in [0, 0.1) is 5.82 Å². The van der Waals surface area contributed by atoms with Gasteiger partial charge in [0, 0.05) is 24.7 Å². The van der Waals surface area contributed by atoms with E-state index in [1.54, 1.807) is 0 Å². The topological polar surface area (TPSA) is 89.7 Å². The van der Waals surface area contributed by atoms with E-state index in [9.17, 15) is 17.6 Å². The van der Waals surface area contributed by atoms with Crippen molar-refractivity contribution in [2.24, 2.45) is 5.14 Å². The highest BCUT2D eigenvalue weighted by Gasteiger charge is 2.37. The molecule has 0 saturated carbocycles. The van der Waals surface area contributed by atoms with Crippen LogP contribution in [0.25, 0.3) is 0 Å². The van der Waals surface area contributed by atoms with E-state index in [4.69, 9.17) is 9.88 Å². The number of methoxy groups -OCH3 is 1. The van der Waals surface area contributed by atoms with E-state index in [-0.39, 0.29) is 24.6 Å². The third kappa shape index (κ3) is 2.69. The summed E-state index contributed by atoms with van der Waals surface area (Å²) in [6.45, 7) is -0.0353. The minimum atomic E-state index is -3.77. The number of hydrogen-bond donors (Lipinski definition) is 1. The van der Waals surface area contributed by atoms with Crippen LogP contribution >= 0.6 is 0 Å². The van der Waals surface area contributed by atoms with Gasteiger partial charge in [0.15, 0.2) is 11.6 Å². The molecule has 0 aliphatic carbocycles. The molecule has 2 rings (SSSR count). The molecular weight excluding hydrogens is 275 g/mol. The van der Waals surface area contributed by atoms with Gasteiger partial charge in [0.25, 0.3) is 0 Å². The molecule has 0 aromatic heterocycles. The van der Waals surface area contributed by atoms with Crippen LogP contribution in [-0.2, 0) is 14.8 Å². The summed E-state index contributed by atoms with van der Waals surface area (Å²) in [6, 6.07) is 3.89. The zero-order valence-electron chi connectivity index (χ0n) is 10.2. The Kier molecular flexibility index (Phi) is 3.46. The van der Waals surface area contributed by atoms with E-state index in [1.165, 1.54) is 24.1 Å². The van der Waals surface area contributed by atoms with Gasteiger partial charge in [-0.15, -0.1) is 0 Å². The molecule has 1 aliphatic heterocycles. The summed E-state index contributed by atoms with van der Waals surface area (Å²) >= 11 is 0. The second-order valence-electron chi connectivity index (χ2n) is 4.24. The van der Waals surface area contributed by atoms with Gasteiger partial charge in [-0.3, -0.25) is 4.79 Å². The third-order valence-electron chi connectivity index (χ3n) is 3.00. The summed E-state index contributed by atoms with van der Waals surface area (Å²) in [5.74, 6) is -0.932. The Morgan fingerprint density at radius 1 is 1.47 bits per heavy atom. The predicted octanol–water partition coefficient (Wildman–Crippen LogP) is 0.228. The largest absolute Gasteiger partial charge is 0.494 e. The van der Waals surface area contributed by atoms with Gasteiger partial charge in [0.05, 0.1) is 7.11 Å². The fourth-order valence-electron chi connectivity index (χ4n) is 1.96. The first kappa shape index (κ1) is 13.8. The fourth-order valence-corrected chi connectivity index (χ4v) is 2.69. The lowest BCUT2D eigenvalue weighted by Crippen LogP contribution is -2.32. The maximum Gasteiger partial charge on any atom is 0.228 e. The molecule has 8 heteroatoms. The Balaban J connectivity index is 2.31. The summed E-state index contributed by atoms with van der Waals surface area (Å²) in [4.78, 5) is 13.0. The summed E-state index contributed by atoms with van der Waals surface area (Å²) in [7, 11) is -2.46. The summed E-state index contributed by atoms with van der Waals surface area (Å²) in [5.41, 5.74) is 0.384. The van der Waals surface area contributed by atoms with Crippen LogP contribution in [-0.4, -0.2) is 33.2 Å². The van der Waals surface area contributed by atoms with Crippen LogP contribution in [0.2, 0.25) is 0 Å². The number of anilines is 1. The van der Waals surface area contributed by atoms with Crippen LogP contribution in [0.1, 0.15) is 6.42 Å². The van der Waals surface area contributed by atoms with Crippen molar-refractivity contribution in [2.45, 2.75) is 11.7 Å². The Labute approximate surface area is 110 Å². The number of nitrogens with zero attached hydrogens (tertiary/aromatic N) is 1. The van der Waals surface area contributed by atoms with Crippen LogP contribution in [0.3, 0.4) is 0 Å². The van der Waals surface area contributed by atoms with Gasteiger partial charge < -0.3 is 9.64 Å². The molecule has 1 saturated heterocycles. The summed E-state index contributed by atoms with van der Waals surface area (Å²) in [5, 5.41) is 4.10. The van der Waals surface area contributed by atoms with Crippen LogP contribution in [0.15, 0.2) is 18.2 Å². The standard InChI is InChI=1S/C11H13FN2O4S/c1-18-10-4-7(2-3-9(10)12)14-6-8(5-11(14)15)19(13,16)17/h2-4,8H,5-6H2,1H3,(H2,13,16,17). The number of amides is 1. The molecule has 6 nitrogen and oxygen atoms in total. The normalized spacial score (nSPS) is 19.8. The van der Waals surface area contributed by atoms with Gasteiger partial charge in [0.1, 0.15) is 5.25 Å². The Bertz CT molecular complexity index is 617. The molecule has 1 aromatic rings. The maximum atomic E-state index is 13.3. The highest BCUT2D eigenvalue weighted by atomic mass is 32.2. The Morgan fingerprint density at radius 3 is 2.68 bits per heavy atom. The first-order valence-corrected chi connectivity index (χ1v) is 7.09. The van der Waals surface area contributed by atoms with Crippen molar-refractivity contribution >= 4 is 21.6 Å². The molecule has 2 N–H and O–H groups in total. The SMILES string of the molecule is COc1cc(N2CC(S(N)(=O)=O)CC2=O)ccc1F. The molecule has 1 unspecified atom stereocenters. The van der Waals surface area contributed by atoms with Gasteiger partial charge in [-0.1, -0.05) is 0 Å². The fraction of sp³-hybridized carbons (Fsp3) is 0.364. The Morgan fingerprint density at radius 2 is 2.16 bits per heavy atom. The highest BCUT2D eigenvalue weighted by molar-refractivity contribution is 7.89. The second-order valence-corrected chi connectivity index (χ2v) is 6.08. The number of sulfonamides is 1. The van der Waals surface area contributed by atoms with Crippen molar-refractivity contribution in [2.75, 3.05) is 18.6 Å². The quantitative estimate of drug-likeness (QED) is 0.862. The lowest BCUT2D eigenvalue weighted by Gasteiger charge is -2.17. The van der Waals surface area contributed by atoms with Crippen molar-refractivity contribution in [3.63, 3.8) is 0 Å². The van der Waals surface area contributed by atoms with Crippen molar-refractivity contribution in [1.82, 2.24) is 0 Å². The van der Waals surface area contributed by atoms with E-state index >= 15 is 0 Å². The molecule has 1 fully saturated rings. The van der Waals surface area contributed by atoms with E-state index in [0.717, 1.165) is 6.07 Å². The number of hydrogen-bond acceptors (Lipinski definition) is 4. The number of benzene rings is 1. The molecule has 0 bridgehead atoms. The number of carbonyl (C=O) groups excluding carboxylic acids is 1. The molecule has 1 aromatic carbocycles. The van der Waals surface area contributed by atoms with Crippen molar-refractivity contribution in [3.05, 3.63) is 24.0 Å². The van der Waals surface area contributed by atoms with Crippen molar-refractivity contribution in [3.8, 4) is 5.75 Å². The molecule has 1 heterocycles. The zero-order chi connectivity index (χ0) is 14.2. The van der Waals surface area contributed by atoms with Gasteiger partial charge in [-0.25, -0.2) is 17.9 Å². The first-order valence-electron chi connectivity index (χ1n) is 5.48. The van der Waals surface area contributed by atoms with E-state index in [1.807, 2.05) is 0 Å². The lowest BCUT2D eigenvalue weighted by molar-refractivity contribution is -0.117. The summed E-state index contributed by atoms with van der Waals surface area (Å²) in [6.07, 6.45) is -0.168. The van der Waals surface area contributed by atoms with E-state index < -0.39 is 21.1 Å². The van der Waals surface area contributed by atoms with E-state index in [0.29, 0.717) is 5.69 Å². The number of carbonyl (C=O) groups is 1. The first-order chi connectivity index (χ1) is 8.82.